The Morgan fingerprint density at radius 1 is 1.12 bits per heavy atom. The fourth-order valence-electron chi connectivity index (χ4n) is 4.70. The van der Waals surface area contributed by atoms with Crippen LogP contribution < -0.4 is 5.32 Å². The van der Waals surface area contributed by atoms with E-state index in [4.69, 9.17) is 4.52 Å². The van der Waals surface area contributed by atoms with Gasteiger partial charge in [0.1, 0.15) is 11.5 Å². The molecule has 4 rings (SSSR count). The number of carbonyl (C=O) groups is 1. The standard InChI is InChI=1S/C28H34N2O4/c1-4-7-23(31)27-26(19-12-10-18(11-13-19)16-29-20-8-5-6-9-20)28(34-30-27)22-14-21(17(2)3)24(32)15-25(22)33/h10-15,17,20,29,32-33H,4-9,16H2,1-3H3. The van der Waals surface area contributed by atoms with Crippen LogP contribution in [0.15, 0.2) is 40.9 Å². The van der Waals surface area contributed by atoms with Crippen molar-refractivity contribution >= 4 is 5.78 Å². The van der Waals surface area contributed by atoms with Crippen LogP contribution in [0.2, 0.25) is 0 Å². The number of aromatic nitrogens is 1. The first-order chi connectivity index (χ1) is 16.4. The Labute approximate surface area is 201 Å². The van der Waals surface area contributed by atoms with Crippen molar-refractivity contribution in [2.45, 2.75) is 77.8 Å². The number of hydrogen-bond donors (Lipinski definition) is 3. The number of phenols is 2. The van der Waals surface area contributed by atoms with Gasteiger partial charge in [0.05, 0.1) is 11.1 Å². The molecule has 1 aliphatic carbocycles. The maximum absolute atomic E-state index is 12.9. The Balaban J connectivity index is 1.73. The average Bonchev–Trinajstić information content (AvgIpc) is 3.48. The molecule has 0 radical (unpaired) electrons. The SMILES string of the molecule is CCCC(=O)c1noc(-c2cc(C(C)C)c(O)cc2O)c1-c1ccc(CNC2CCCC2)cc1. The van der Waals surface area contributed by atoms with E-state index >= 15 is 0 Å². The number of nitrogens with zero attached hydrogens (tertiary/aromatic N) is 1. The first kappa shape index (κ1) is 24.0. The Hall–Kier alpha value is -3.12. The summed E-state index contributed by atoms with van der Waals surface area (Å²) in [5.74, 6) is 0.181. The molecule has 0 amide bonds. The summed E-state index contributed by atoms with van der Waals surface area (Å²) in [6, 6.07) is 11.7. The van der Waals surface area contributed by atoms with E-state index in [1.165, 1.54) is 37.3 Å². The fraction of sp³-hybridized carbons (Fsp3) is 0.429. The normalized spacial score (nSPS) is 14.2. The third-order valence-corrected chi connectivity index (χ3v) is 6.64. The lowest BCUT2D eigenvalue weighted by atomic mass is 9.93. The lowest BCUT2D eigenvalue weighted by Gasteiger charge is -2.13. The van der Waals surface area contributed by atoms with Gasteiger partial charge in [0, 0.05) is 25.1 Å². The number of hydrogen-bond acceptors (Lipinski definition) is 6. The van der Waals surface area contributed by atoms with Crippen molar-refractivity contribution in [3.05, 3.63) is 53.2 Å². The molecule has 1 aliphatic rings. The number of ketones is 1. The molecule has 3 aromatic rings. The van der Waals surface area contributed by atoms with Gasteiger partial charge in [-0.3, -0.25) is 4.79 Å². The molecular weight excluding hydrogens is 428 g/mol. The summed E-state index contributed by atoms with van der Waals surface area (Å²) in [5, 5.41) is 28.7. The number of aromatic hydroxyl groups is 2. The maximum Gasteiger partial charge on any atom is 0.185 e. The molecule has 0 spiro atoms. The van der Waals surface area contributed by atoms with Crippen molar-refractivity contribution in [2.24, 2.45) is 0 Å². The number of benzene rings is 2. The van der Waals surface area contributed by atoms with Gasteiger partial charge in [-0.15, -0.1) is 0 Å². The summed E-state index contributed by atoms with van der Waals surface area (Å²) in [7, 11) is 0. The van der Waals surface area contributed by atoms with Crippen LogP contribution in [0.4, 0.5) is 0 Å². The van der Waals surface area contributed by atoms with Crippen LogP contribution >= 0.6 is 0 Å². The van der Waals surface area contributed by atoms with Crippen molar-refractivity contribution < 1.29 is 19.5 Å². The van der Waals surface area contributed by atoms with E-state index in [-0.39, 0.29) is 28.9 Å². The zero-order chi connectivity index (χ0) is 24.2. The average molecular weight is 463 g/mol. The lowest BCUT2D eigenvalue weighted by Crippen LogP contribution is -2.25. The van der Waals surface area contributed by atoms with Crippen LogP contribution in [-0.2, 0) is 6.54 Å². The molecule has 6 nitrogen and oxygen atoms in total. The smallest absolute Gasteiger partial charge is 0.185 e. The molecule has 0 bridgehead atoms. The maximum atomic E-state index is 12.9. The van der Waals surface area contributed by atoms with Crippen molar-refractivity contribution in [3.63, 3.8) is 0 Å². The molecule has 0 aliphatic heterocycles. The third kappa shape index (κ3) is 5.02. The molecular formula is C28H34N2O4. The van der Waals surface area contributed by atoms with Crippen molar-refractivity contribution in [1.29, 1.82) is 0 Å². The Morgan fingerprint density at radius 2 is 1.82 bits per heavy atom. The highest BCUT2D eigenvalue weighted by Crippen LogP contribution is 2.43. The Kier molecular flexibility index (Phi) is 7.37. The summed E-state index contributed by atoms with van der Waals surface area (Å²) in [6.45, 7) is 6.68. The summed E-state index contributed by atoms with van der Waals surface area (Å²) >= 11 is 0. The van der Waals surface area contributed by atoms with Crippen LogP contribution in [0, 0.1) is 0 Å². The second-order valence-electron chi connectivity index (χ2n) is 9.55. The van der Waals surface area contributed by atoms with Crippen LogP contribution in [0.3, 0.4) is 0 Å². The molecule has 180 valence electrons. The molecule has 0 unspecified atom stereocenters. The van der Waals surface area contributed by atoms with Crippen molar-refractivity contribution in [2.75, 3.05) is 0 Å². The highest BCUT2D eigenvalue weighted by molar-refractivity contribution is 6.03. The van der Waals surface area contributed by atoms with Crippen LogP contribution in [0.5, 0.6) is 11.5 Å². The molecule has 6 heteroatoms. The zero-order valence-electron chi connectivity index (χ0n) is 20.2. The van der Waals surface area contributed by atoms with Gasteiger partial charge in [0.15, 0.2) is 17.2 Å². The predicted octanol–water partition coefficient (Wildman–Crippen LogP) is 6.56. The Bertz CT molecular complexity index is 1140. The highest BCUT2D eigenvalue weighted by Gasteiger charge is 2.26. The van der Waals surface area contributed by atoms with Crippen molar-refractivity contribution in [3.8, 4) is 33.9 Å². The van der Waals surface area contributed by atoms with Gasteiger partial charge in [0.2, 0.25) is 0 Å². The largest absolute Gasteiger partial charge is 0.508 e. The van der Waals surface area contributed by atoms with Gasteiger partial charge in [-0.05, 0) is 47.9 Å². The molecule has 1 saturated carbocycles. The van der Waals surface area contributed by atoms with E-state index in [1.807, 2.05) is 32.9 Å². The van der Waals surface area contributed by atoms with Gasteiger partial charge >= 0.3 is 0 Å². The lowest BCUT2D eigenvalue weighted by molar-refractivity contribution is 0.0973. The summed E-state index contributed by atoms with van der Waals surface area (Å²) in [5.41, 5.74) is 3.91. The first-order valence-electron chi connectivity index (χ1n) is 12.3. The number of carbonyl (C=O) groups excluding carboxylic acids is 1. The van der Waals surface area contributed by atoms with Gasteiger partial charge in [-0.1, -0.05) is 63.0 Å². The minimum absolute atomic E-state index is 0.0266. The minimum Gasteiger partial charge on any atom is -0.508 e. The molecule has 0 atom stereocenters. The van der Waals surface area contributed by atoms with Crippen LogP contribution in [0.25, 0.3) is 22.5 Å². The van der Waals surface area contributed by atoms with E-state index in [0.717, 1.165) is 12.1 Å². The van der Waals surface area contributed by atoms with Gasteiger partial charge < -0.3 is 20.1 Å². The molecule has 1 heterocycles. The van der Waals surface area contributed by atoms with Crippen LogP contribution in [0.1, 0.15) is 86.8 Å². The molecule has 3 N–H and O–H groups in total. The Morgan fingerprint density at radius 3 is 2.47 bits per heavy atom. The van der Waals surface area contributed by atoms with E-state index in [1.54, 1.807) is 6.07 Å². The first-order valence-corrected chi connectivity index (χ1v) is 12.3. The summed E-state index contributed by atoms with van der Waals surface area (Å²) < 4.78 is 5.68. The predicted molar refractivity (Wildman–Crippen MR) is 133 cm³/mol. The molecule has 2 aromatic carbocycles. The van der Waals surface area contributed by atoms with Gasteiger partial charge in [-0.2, -0.15) is 0 Å². The second-order valence-corrected chi connectivity index (χ2v) is 9.55. The second kappa shape index (κ2) is 10.4. The van der Waals surface area contributed by atoms with Gasteiger partial charge in [0.25, 0.3) is 0 Å². The molecule has 1 aromatic heterocycles. The van der Waals surface area contributed by atoms with E-state index in [0.29, 0.717) is 41.3 Å². The summed E-state index contributed by atoms with van der Waals surface area (Å²) in [4.78, 5) is 12.9. The number of phenolic OH excluding ortho intramolecular Hbond substituents is 2. The van der Waals surface area contributed by atoms with E-state index in [2.05, 4.69) is 22.6 Å². The van der Waals surface area contributed by atoms with E-state index in [9.17, 15) is 15.0 Å². The monoisotopic (exact) mass is 462 g/mol. The number of rotatable bonds is 9. The number of Topliss-reactive ketones (excluding diaryl/α,β-unsaturated/α-hetero) is 1. The minimum atomic E-state index is -0.119. The molecule has 1 fully saturated rings. The molecule has 0 saturated heterocycles. The highest BCUT2D eigenvalue weighted by atomic mass is 16.5. The topological polar surface area (TPSA) is 95.6 Å². The molecule has 34 heavy (non-hydrogen) atoms. The van der Waals surface area contributed by atoms with Crippen molar-refractivity contribution in [1.82, 2.24) is 10.5 Å². The number of nitrogens with one attached hydrogen (secondary N) is 1. The van der Waals surface area contributed by atoms with Crippen LogP contribution in [-0.4, -0.2) is 27.2 Å². The van der Waals surface area contributed by atoms with Gasteiger partial charge in [-0.25, -0.2) is 0 Å². The third-order valence-electron chi connectivity index (χ3n) is 6.64. The fourth-order valence-corrected chi connectivity index (χ4v) is 4.70. The summed E-state index contributed by atoms with van der Waals surface area (Å²) in [6.07, 6.45) is 6.13. The zero-order valence-corrected chi connectivity index (χ0v) is 20.2. The quantitative estimate of drug-likeness (QED) is 0.312. The van der Waals surface area contributed by atoms with E-state index < -0.39 is 0 Å².